The second-order valence-electron chi connectivity index (χ2n) is 5.29. The molecule has 0 saturated heterocycles. The van der Waals surface area contributed by atoms with Crippen molar-refractivity contribution < 1.29 is 34.8 Å². The van der Waals surface area contributed by atoms with E-state index in [0.29, 0.717) is 11.7 Å². The maximum atomic E-state index is 12.9. The molecule has 0 atom stereocenters. The topological polar surface area (TPSA) is 72.0 Å². The maximum Gasteiger partial charge on any atom is 0.416 e. The molecule has 0 aliphatic carbocycles. The monoisotopic (exact) mass is 427 g/mol. The molecule has 0 bridgehead atoms. The fraction of sp³-hybridized carbons (Fsp3) is 0.143. The van der Waals surface area contributed by atoms with E-state index in [9.17, 15) is 34.8 Å². The smallest absolute Gasteiger partial charge is 0.280 e. The Bertz CT molecular complexity index is 1070. The van der Waals surface area contributed by atoms with Gasteiger partial charge in [0.15, 0.2) is 0 Å². The average molecular weight is 427 g/mol. The molecule has 1 N–H and O–H groups in total. The molecule has 27 heavy (non-hydrogen) atoms. The van der Waals surface area contributed by atoms with Crippen LogP contribution in [-0.4, -0.2) is 17.2 Å². The molecule has 2 aromatic carbocycles. The summed E-state index contributed by atoms with van der Waals surface area (Å²) in [7, 11) is -4.51. The van der Waals surface area contributed by atoms with Gasteiger partial charge in [-0.1, -0.05) is 6.07 Å². The molecule has 0 spiro atoms. The van der Waals surface area contributed by atoms with Crippen LogP contribution in [0, 0.1) is 0 Å². The summed E-state index contributed by atoms with van der Waals surface area (Å²) in [6.07, 6.45) is -10.2. The summed E-state index contributed by atoms with van der Waals surface area (Å²) in [5, 5.41) is 0. The van der Waals surface area contributed by atoms with Gasteiger partial charge < -0.3 is 0 Å². The zero-order valence-electron chi connectivity index (χ0n) is 12.8. The quantitative estimate of drug-likeness (QED) is 0.624. The highest BCUT2D eigenvalue weighted by atomic mass is 32.2. The van der Waals surface area contributed by atoms with Gasteiger partial charge in [-0.3, -0.25) is 4.72 Å². The second kappa shape index (κ2) is 6.34. The Morgan fingerprint density at radius 1 is 0.889 bits per heavy atom. The third kappa shape index (κ3) is 3.98. The normalized spacial score (nSPS) is 13.1. The molecule has 0 fully saturated rings. The molecule has 3 aromatic rings. The van der Waals surface area contributed by atoms with Crippen molar-refractivity contribution in [2.75, 3.05) is 4.72 Å². The lowest BCUT2D eigenvalue weighted by molar-refractivity contribution is -0.143. The maximum absolute atomic E-state index is 12.9. The van der Waals surface area contributed by atoms with Crippen LogP contribution in [0.1, 0.15) is 11.1 Å². The van der Waals surface area contributed by atoms with E-state index in [-0.39, 0.29) is 29.2 Å². The molecule has 5 nitrogen and oxygen atoms in total. The molecule has 0 aliphatic heterocycles. The molecule has 1 heterocycles. The van der Waals surface area contributed by atoms with Crippen molar-refractivity contribution in [2.24, 2.45) is 0 Å². The Morgan fingerprint density at radius 2 is 1.48 bits per heavy atom. The fourth-order valence-corrected chi connectivity index (χ4v) is 4.03. The summed E-state index contributed by atoms with van der Waals surface area (Å²) in [6.45, 7) is 0. The van der Waals surface area contributed by atoms with Crippen molar-refractivity contribution in [1.82, 2.24) is 8.75 Å². The molecule has 0 saturated carbocycles. The summed E-state index contributed by atoms with van der Waals surface area (Å²) < 4.78 is 112. The molecule has 0 unspecified atom stereocenters. The van der Waals surface area contributed by atoms with Crippen molar-refractivity contribution in [3.63, 3.8) is 0 Å². The van der Waals surface area contributed by atoms with Crippen molar-refractivity contribution >= 4 is 38.5 Å². The Balaban J connectivity index is 2.10. The second-order valence-corrected chi connectivity index (χ2v) is 7.47. The molecule has 0 amide bonds. The van der Waals surface area contributed by atoms with Gasteiger partial charge in [0, 0.05) is 0 Å². The zero-order valence-corrected chi connectivity index (χ0v) is 14.4. The predicted octanol–water partition coefficient (Wildman–Crippen LogP) is 4.53. The van der Waals surface area contributed by atoms with E-state index in [1.807, 2.05) is 0 Å². The number of hydrogen-bond acceptors (Lipinski definition) is 5. The van der Waals surface area contributed by atoms with Gasteiger partial charge in [0.25, 0.3) is 10.0 Å². The van der Waals surface area contributed by atoms with Crippen LogP contribution in [0.4, 0.5) is 32.0 Å². The van der Waals surface area contributed by atoms with Crippen LogP contribution in [0.3, 0.4) is 0 Å². The first kappa shape index (κ1) is 19.4. The van der Waals surface area contributed by atoms with Crippen molar-refractivity contribution in [2.45, 2.75) is 17.2 Å². The summed E-state index contributed by atoms with van der Waals surface area (Å²) in [5.74, 6) is 0. The molecule has 13 heteroatoms. The molecule has 3 rings (SSSR count). The number of alkyl halides is 6. The summed E-state index contributed by atoms with van der Waals surface area (Å²) in [4.78, 5) is -0.417. The van der Waals surface area contributed by atoms with Gasteiger partial charge in [0.2, 0.25) is 0 Å². The number of halogens is 6. The van der Waals surface area contributed by atoms with E-state index in [0.717, 1.165) is 6.07 Å². The lowest BCUT2D eigenvalue weighted by Crippen LogP contribution is -2.16. The average Bonchev–Trinajstić information content (AvgIpc) is 3.00. The summed E-state index contributed by atoms with van der Waals surface area (Å²) in [5.41, 5.74) is -3.97. The van der Waals surface area contributed by atoms with E-state index in [1.54, 1.807) is 4.72 Å². The molecule has 1 aromatic heterocycles. The number of nitrogens with zero attached hydrogens (tertiary/aromatic N) is 2. The number of hydrogen-bond donors (Lipinski definition) is 1. The van der Waals surface area contributed by atoms with Crippen molar-refractivity contribution in [3.8, 4) is 0 Å². The minimum absolute atomic E-state index is 0.0435. The SMILES string of the molecule is O=S(=O)(Nc1cc(C(F)(F)F)cc(C(F)(F)F)c1)c1cccc2nsnc12. The van der Waals surface area contributed by atoms with Crippen molar-refractivity contribution in [3.05, 3.63) is 47.5 Å². The largest absolute Gasteiger partial charge is 0.416 e. The van der Waals surface area contributed by atoms with E-state index >= 15 is 0 Å². The number of rotatable bonds is 3. The first-order valence-corrected chi connectivity index (χ1v) is 9.13. The first-order chi connectivity index (χ1) is 12.4. The predicted molar refractivity (Wildman–Crippen MR) is 84.7 cm³/mol. The first-order valence-electron chi connectivity index (χ1n) is 6.91. The lowest BCUT2D eigenvalue weighted by Gasteiger charge is -2.15. The number of fused-ring (bicyclic) bond motifs is 1. The van der Waals surface area contributed by atoms with Gasteiger partial charge >= 0.3 is 12.4 Å². The lowest BCUT2D eigenvalue weighted by atomic mass is 10.1. The van der Waals surface area contributed by atoms with Gasteiger partial charge in [-0.25, -0.2) is 8.42 Å². The summed E-state index contributed by atoms with van der Waals surface area (Å²) in [6, 6.07) is 4.38. The van der Waals surface area contributed by atoms with Gasteiger partial charge in [-0.2, -0.15) is 35.1 Å². The van der Waals surface area contributed by atoms with Crippen molar-refractivity contribution in [1.29, 1.82) is 0 Å². The van der Waals surface area contributed by atoms with E-state index in [4.69, 9.17) is 0 Å². The standard InChI is InChI=1S/C14H7F6N3O2S2/c15-13(16,17)7-4-8(14(18,19)20)6-9(5-7)23-27(24,25)11-3-1-2-10-12(11)22-26-21-10/h1-6,23H. The van der Waals surface area contributed by atoms with E-state index in [1.165, 1.54) is 12.1 Å². The van der Waals surface area contributed by atoms with Crippen LogP contribution in [0.2, 0.25) is 0 Å². The number of nitrogens with one attached hydrogen (secondary N) is 1. The fourth-order valence-electron chi connectivity index (χ4n) is 2.22. The number of benzene rings is 2. The van der Waals surface area contributed by atoms with Crippen LogP contribution in [-0.2, 0) is 22.4 Å². The Hall–Kier alpha value is -2.41. The van der Waals surface area contributed by atoms with Crippen LogP contribution < -0.4 is 4.72 Å². The van der Waals surface area contributed by atoms with Gasteiger partial charge in [0.1, 0.15) is 15.9 Å². The highest BCUT2D eigenvalue weighted by molar-refractivity contribution is 7.93. The van der Waals surface area contributed by atoms with Crippen LogP contribution in [0.15, 0.2) is 41.3 Å². The zero-order chi connectivity index (χ0) is 20.0. The number of anilines is 1. The highest BCUT2D eigenvalue weighted by Crippen LogP contribution is 2.38. The van der Waals surface area contributed by atoms with Gasteiger partial charge in [0.05, 0.1) is 28.5 Å². The Morgan fingerprint density at radius 3 is 2.04 bits per heavy atom. The molecule has 0 aliphatic rings. The van der Waals surface area contributed by atoms with Crippen LogP contribution >= 0.6 is 11.7 Å². The molecule has 0 radical (unpaired) electrons. The molecular formula is C14H7F6N3O2S2. The Labute approximate surface area is 152 Å². The number of aromatic nitrogens is 2. The van der Waals surface area contributed by atoms with Crippen LogP contribution in [0.5, 0.6) is 0 Å². The minimum Gasteiger partial charge on any atom is -0.280 e. The van der Waals surface area contributed by atoms with Gasteiger partial charge in [-0.15, -0.1) is 0 Å². The molecular weight excluding hydrogens is 420 g/mol. The van der Waals surface area contributed by atoms with E-state index < -0.39 is 44.1 Å². The highest BCUT2D eigenvalue weighted by Gasteiger charge is 2.37. The van der Waals surface area contributed by atoms with Crippen LogP contribution in [0.25, 0.3) is 11.0 Å². The van der Waals surface area contributed by atoms with Gasteiger partial charge in [-0.05, 0) is 30.3 Å². The summed E-state index contributed by atoms with van der Waals surface area (Å²) >= 11 is 0.711. The third-order valence-electron chi connectivity index (χ3n) is 3.38. The Kier molecular flexibility index (Phi) is 4.54. The molecule has 144 valence electrons. The number of sulfonamides is 1. The minimum atomic E-state index is -5.10. The van der Waals surface area contributed by atoms with E-state index in [2.05, 4.69) is 8.75 Å². The third-order valence-corrected chi connectivity index (χ3v) is 5.33.